The van der Waals surface area contributed by atoms with Gasteiger partial charge in [-0.2, -0.15) is 5.10 Å². The van der Waals surface area contributed by atoms with E-state index in [1.807, 2.05) is 4.68 Å². The lowest BCUT2D eigenvalue weighted by molar-refractivity contribution is -0.255. The number of nitrogens with one attached hydrogen (secondary N) is 1. The lowest BCUT2D eigenvalue weighted by atomic mass is 9.34. The number of allylic oxidation sites excluding steroid dienone is 1. The molecular weight excluding hydrogens is 667 g/mol. The van der Waals surface area contributed by atoms with Gasteiger partial charge in [0.25, 0.3) is 5.91 Å². The molecule has 5 aliphatic rings. The summed E-state index contributed by atoms with van der Waals surface area (Å²) in [6.07, 6.45) is 9.10. The molecule has 1 saturated heterocycles. The molecule has 0 unspecified atom stereocenters. The highest BCUT2D eigenvalue weighted by Gasteiger charge is 2.73. The third-order valence-electron chi connectivity index (χ3n) is 16.9. The maximum absolute atomic E-state index is 13.6. The minimum atomic E-state index is -0.648. The van der Waals surface area contributed by atoms with Crippen LogP contribution in [-0.4, -0.2) is 88.8 Å². The summed E-state index contributed by atoms with van der Waals surface area (Å²) in [6.45, 7) is 27.6. The van der Waals surface area contributed by atoms with Gasteiger partial charge in [0, 0.05) is 25.0 Å². The zero-order valence-corrected chi connectivity index (χ0v) is 35.2. The number of fused-ring (bicyclic) bond motifs is 3. The van der Waals surface area contributed by atoms with Crippen molar-refractivity contribution in [3.8, 4) is 0 Å². The molecule has 6 rings (SSSR count). The standard InChI is InChI=1S/C43H71N5O5/c1-14-45-42(11,27(4)5)23-53-34-31(48-35(44-25-46-48)36(49)47(12)13)21-38(7)22-52-24-43(34)30-17-18-41(10)33(37(50)51)39(8,28(6)26(2)3)19-20-40(41,9)29(30)15-16-32(38)43/h17,25-29,31-34,45H,14-16,18-24H2,1-13H3,(H,50,51)/t28-,29+,31-,32-,33-,34+,38-,39-,40-,41+,42+,43+/m1/s1. The van der Waals surface area contributed by atoms with Gasteiger partial charge in [-0.3, -0.25) is 9.59 Å². The molecule has 1 aliphatic heterocycles. The molecule has 0 radical (unpaired) electrons. The molecule has 2 bridgehead atoms. The number of carboxylic acid groups (broad SMARTS) is 1. The van der Waals surface area contributed by atoms with Crippen molar-refractivity contribution in [2.45, 2.75) is 132 Å². The van der Waals surface area contributed by atoms with Gasteiger partial charge in [-0.05, 0) is 103 Å². The quantitative estimate of drug-likeness (QED) is 0.224. The molecule has 2 heterocycles. The first kappa shape index (κ1) is 40.4. The van der Waals surface area contributed by atoms with E-state index in [1.54, 1.807) is 19.0 Å². The fourth-order valence-corrected chi connectivity index (χ4v) is 13.0. The molecule has 53 heavy (non-hydrogen) atoms. The van der Waals surface area contributed by atoms with Crippen LogP contribution in [-0.2, 0) is 14.3 Å². The fraction of sp³-hybridized carbons (Fsp3) is 0.860. The van der Waals surface area contributed by atoms with Gasteiger partial charge in [-0.1, -0.05) is 80.9 Å². The summed E-state index contributed by atoms with van der Waals surface area (Å²) in [5.41, 5.74) is -0.464. The Morgan fingerprint density at radius 3 is 2.40 bits per heavy atom. The van der Waals surface area contributed by atoms with E-state index in [-0.39, 0.29) is 51.7 Å². The molecule has 1 aromatic rings. The van der Waals surface area contributed by atoms with E-state index in [9.17, 15) is 14.7 Å². The number of amides is 1. The van der Waals surface area contributed by atoms with E-state index in [0.29, 0.717) is 49.8 Å². The van der Waals surface area contributed by atoms with Crippen LogP contribution in [0.25, 0.3) is 0 Å². The van der Waals surface area contributed by atoms with Crippen LogP contribution >= 0.6 is 0 Å². The van der Waals surface area contributed by atoms with Crippen LogP contribution in [0.2, 0.25) is 0 Å². The SMILES string of the molecule is CCN[C@@](C)(CO[C@H]1[C@H](n2ncnc2C(=O)N(C)C)C[C@]2(C)COC[C@@]13C1=CC[C@@]4(C)[C@H](C(=O)O)[C@@](C)([C@H](C)C(C)C)CC[C@]4(C)[C@H]1CC[C@H]23)C(C)C. The number of likely N-dealkylation sites (N-methyl/N-ethyl adjacent to an activating group) is 1. The Hall–Kier alpha value is -2.30. The average molecular weight is 738 g/mol. The largest absolute Gasteiger partial charge is 0.481 e. The Labute approximate surface area is 319 Å². The van der Waals surface area contributed by atoms with Crippen LogP contribution < -0.4 is 5.32 Å². The van der Waals surface area contributed by atoms with E-state index in [4.69, 9.17) is 14.6 Å². The highest BCUT2D eigenvalue weighted by molar-refractivity contribution is 5.90. The summed E-state index contributed by atoms with van der Waals surface area (Å²) >= 11 is 0. The molecule has 4 fully saturated rings. The highest BCUT2D eigenvalue weighted by atomic mass is 16.5. The topological polar surface area (TPSA) is 119 Å². The lowest BCUT2D eigenvalue weighted by Gasteiger charge is -2.71. The zero-order chi connectivity index (χ0) is 39.1. The number of hydrogen-bond acceptors (Lipinski definition) is 7. The van der Waals surface area contributed by atoms with Crippen molar-refractivity contribution in [3.05, 3.63) is 23.8 Å². The predicted molar refractivity (Wildman–Crippen MR) is 207 cm³/mol. The first-order valence-electron chi connectivity index (χ1n) is 20.7. The summed E-state index contributed by atoms with van der Waals surface area (Å²) in [7, 11) is 3.52. The van der Waals surface area contributed by atoms with Gasteiger partial charge in [0.1, 0.15) is 6.33 Å². The average Bonchev–Trinajstić information content (AvgIpc) is 3.57. The number of rotatable bonds is 11. The van der Waals surface area contributed by atoms with Crippen LogP contribution in [0.4, 0.5) is 0 Å². The van der Waals surface area contributed by atoms with E-state index in [2.05, 4.69) is 92.5 Å². The van der Waals surface area contributed by atoms with Crippen LogP contribution in [0.3, 0.4) is 0 Å². The normalized spacial score (nSPS) is 41.1. The number of aliphatic carboxylic acids is 1. The molecule has 3 saturated carbocycles. The summed E-state index contributed by atoms with van der Waals surface area (Å²) in [5, 5.41) is 19.8. The van der Waals surface area contributed by atoms with Gasteiger partial charge in [-0.25, -0.2) is 9.67 Å². The summed E-state index contributed by atoms with van der Waals surface area (Å²) in [4.78, 5) is 33.4. The van der Waals surface area contributed by atoms with E-state index in [0.717, 1.165) is 38.6 Å². The van der Waals surface area contributed by atoms with Gasteiger partial charge in [0.2, 0.25) is 5.82 Å². The third-order valence-corrected chi connectivity index (χ3v) is 16.9. The Balaban J connectivity index is 1.54. The molecule has 1 aromatic heterocycles. The van der Waals surface area contributed by atoms with Gasteiger partial charge < -0.3 is 24.8 Å². The first-order valence-corrected chi connectivity index (χ1v) is 20.7. The first-order chi connectivity index (χ1) is 24.7. The molecule has 298 valence electrons. The van der Waals surface area contributed by atoms with Gasteiger partial charge >= 0.3 is 5.97 Å². The number of ether oxygens (including phenoxy) is 2. The number of carbonyl (C=O) groups is 2. The van der Waals surface area contributed by atoms with Gasteiger partial charge in [-0.15, -0.1) is 0 Å². The summed E-state index contributed by atoms with van der Waals surface area (Å²) in [5.74, 6) is 0.553. The molecule has 1 amide bonds. The second kappa shape index (κ2) is 13.7. The minimum absolute atomic E-state index is 0.172. The van der Waals surface area contributed by atoms with Crippen molar-refractivity contribution in [2.75, 3.05) is 40.5 Å². The second-order valence-corrected chi connectivity index (χ2v) is 20.2. The monoisotopic (exact) mass is 738 g/mol. The number of nitrogens with zero attached hydrogens (tertiary/aromatic N) is 4. The van der Waals surface area contributed by atoms with Crippen molar-refractivity contribution in [1.82, 2.24) is 25.0 Å². The molecule has 2 N–H and O–H groups in total. The van der Waals surface area contributed by atoms with Crippen molar-refractivity contribution < 1.29 is 24.2 Å². The van der Waals surface area contributed by atoms with E-state index in [1.165, 1.54) is 11.9 Å². The molecule has 12 atom stereocenters. The lowest BCUT2D eigenvalue weighted by Crippen LogP contribution is -2.70. The number of carbonyl (C=O) groups excluding carboxylic acids is 1. The molecule has 4 aliphatic carbocycles. The van der Waals surface area contributed by atoms with Gasteiger partial charge in [0.05, 0.1) is 37.9 Å². The van der Waals surface area contributed by atoms with E-state index < -0.39 is 22.7 Å². The van der Waals surface area contributed by atoms with Crippen LogP contribution in [0.1, 0.15) is 131 Å². The number of hydrogen-bond donors (Lipinski definition) is 2. The van der Waals surface area contributed by atoms with Crippen molar-refractivity contribution in [2.24, 2.45) is 62.6 Å². The zero-order valence-electron chi connectivity index (χ0n) is 35.2. The van der Waals surface area contributed by atoms with Crippen molar-refractivity contribution in [1.29, 1.82) is 0 Å². The molecule has 10 nitrogen and oxygen atoms in total. The van der Waals surface area contributed by atoms with Crippen molar-refractivity contribution in [3.63, 3.8) is 0 Å². The number of aromatic nitrogens is 3. The van der Waals surface area contributed by atoms with E-state index >= 15 is 0 Å². The second-order valence-electron chi connectivity index (χ2n) is 20.2. The summed E-state index contributed by atoms with van der Waals surface area (Å²) in [6, 6.07) is -0.242. The highest BCUT2D eigenvalue weighted by Crippen LogP contribution is 2.75. The van der Waals surface area contributed by atoms with Crippen LogP contribution in [0.5, 0.6) is 0 Å². The van der Waals surface area contributed by atoms with Crippen LogP contribution in [0.15, 0.2) is 18.0 Å². The minimum Gasteiger partial charge on any atom is -0.481 e. The Kier molecular flexibility index (Phi) is 10.4. The van der Waals surface area contributed by atoms with Crippen molar-refractivity contribution >= 4 is 11.9 Å². The van der Waals surface area contributed by atoms with Crippen LogP contribution in [0, 0.1) is 62.6 Å². The number of carboxylic acids is 1. The smallest absolute Gasteiger partial charge is 0.307 e. The fourth-order valence-electron chi connectivity index (χ4n) is 13.0. The maximum atomic E-state index is 13.6. The maximum Gasteiger partial charge on any atom is 0.307 e. The molecule has 10 heteroatoms. The molecular formula is C43H71N5O5. The van der Waals surface area contributed by atoms with Gasteiger partial charge in [0.15, 0.2) is 0 Å². The molecule has 0 aromatic carbocycles. The Morgan fingerprint density at radius 2 is 1.79 bits per heavy atom. The molecule has 0 spiro atoms. The summed E-state index contributed by atoms with van der Waals surface area (Å²) < 4.78 is 16.1. The third kappa shape index (κ3) is 5.79. The predicted octanol–water partition coefficient (Wildman–Crippen LogP) is 7.52. The Morgan fingerprint density at radius 1 is 1.09 bits per heavy atom. The Bertz CT molecular complexity index is 1590.